The van der Waals surface area contributed by atoms with E-state index in [1.54, 1.807) is 0 Å². The molecule has 3 heteroatoms. The molecule has 1 heterocycles. The highest BCUT2D eigenvalue weighted by Gasteiger charge is 2.17. The number of allylic oxidation sites excluding steroid dienone is 4. The molecule has 230 valence electrons. The number of nitrogens with zero attached hydrogens (tertiary/aromatic N) is 1. The Hall–Kier alpha value is -0.640. The standard InChI is InChI=1S/C36H69NO2/c1-5-6-7-8-9-10-11-12-13-14-15-16-17-18-19-22-25-28-35(30-31-37(3)4)34(2)27-24-21-20-23-26-29-36-38-32-33-39-36/h9-10,12-13,34-36H,5-8,11,14-33H2,1-4H3/b10-9-,13-12-. The second-order valence-electron chi connectivity index (χ2n) is 12.6. The van der Waals surface area contributed by atoms with Crippen LogP contribution in [0.15, 0.2) is 24.3 Å². The fourth-order valence-electron chi connectivity index (χ4n) is 5.83. The van der Waals surface area contributed by atoms with E-state index in [1.165, 1.54) is 135 Å². The summed E-state index contributed by atoms with van der Waals surface area (Å²) in [5.41, 5.74) is 0. The van der Waals surface area contributed by atoms with E-state index in [0.29, 0.717) is 0 Å². The summed E-state index contributed by atoms with van der Waals surface area (Å²) in [6.07, 6.45) is 39.2. The van der Waals surface area contributed by atoms with Crippen molar-refractivity contribution in [2.75, 3.05) is 33.9 Å². The van der Waals surface area contributed by atoms with Crippen molar-refractivity contribution in [3.8, 4) is 0 Å². The van der Waals surface area contributed by atoms with E-state index in [4.69, 9.17) is 9.47 Å². The SMILES string of the molecule is CCCCC/C=C\C/C=C\CCCCCCCCCC(CCN(C)C)C(C)CCCCCCCC1OCCO1. The number of hydrogen-bond acceptors (Lipinski definition) is 3. The van der Waals surface area contributed by atoms with Crippen molar-refractivity contribution < 1.29 is 9.47 Å². The fraction of sp³-hybridized carbons (Fsp3) is 0.889. The predicted molar refractivity (Wildman–Crippen MR) is 172 cm³/mol. The van der Waals surface area contributed by atoms with Crippen molar-refractivity contribution in [1.29, 1.82) is 0 Å². The molecular weight excluding hydrogens is 478 g/mol. The van der Waals surface area contributed by atoms with Crippen LogP contribution < -0.4 is 0 Å². The van der Waals surface area contributed by atoms with Crippen molar-refractivity contribution >= 4 is 0 Å². The maximum atomic E-state index is 5.55. The summed E-state index contributed by atoms with van der Waals surface area (Å²) in [5.74, 6) is 1.77. The lowest BCUT2D eigenvalue weighted by molar-refractivity contribution is -0.0480. The molecule has 0 amide bonds. The van der Waals surface area contributed by atoms with Crippen LogP contribution in [0.2, 0.25) is 0 Å². The number of unbranched alkanes of at least 4 members (excludes halogenated alkanes) is 14. The largest absolute Gasteiger partial charge is 0.350 e. The third-order valence-corrected chi connectivity index (χ3v) is 8.57. The van der Waals surface area contributed by atoms with Crippen LogP contribution in [0.5, 0.6) is 0 Å². The van der Waals surface area contributed by atoms with Gasteiger partial charge in [0.2, 0.25) is 0 Å². The van der Waals surface area contributed by atoms with Gasteiger partial charge in [-0.05, 0) is 83.8 Å². The molecule has 0 aromatic rings. The van der Waals surface area contributed by atoms with Crippen molar-refractivity contribution in [3.63, 3.8) is 0 Å². The van der Waals surface area contributed by atoms with E-state index in [-0.39, 0.29) is 6.29 Å². The first-order chi connectivity index (χ1) is 19.1. The van der Waals surface area contributed by atoms with Crippen LogP contribution in [-0.4, -0.2) is 45.0 Å². The maximum Gasteiger partial charge on any atom is 0.157 e. The van der Waals surface area contributed by atoms with Crippen LogP contribution in [-0.2, 0) is 9.47 Å². The number of hydrogen-bond donors (Lipinski definition) is 0. The summed E-state index contributed by atoms with van der Waals surface area (Å²) in [7, 11) is 4.46. The normalized spacial score (nSPS) is 16.3. The second kappa shape index (κ2) is 27.5. The Morgan fingerprint density at radius 3 is 1.79 bits per heavy atom. The Bertz CT molecular complexity index is 552. The van der Waals surface area contributed by atoms with Gasteiger partial charge in [0, 0.05) is 0 Å². The van der Waals surface area contributed by atoms with E-state index in [0.717, 1.165) is 37.9 Å². The first-order valence-corrected chi connectivity index (χ1v) is 17.3. The van der Waals surface area contributed by atoms with Gasteiger partial charge in [-0.3, -0.25) is 0 Å². The minimum Gasteiger partial charge on any atom is -0.350 e. The van der Waals surface area contributed by atoms with Gasteiger partial charge < -0.3 is 14.4 Å². The molecule has 1 rings (SSSR count). The Morgan fingerprint density at radius 2 is 1.18 bits per heavy atom. The van der Waals surface area contributed by atoms with Gasteiger partial charge in [-0.2, -0.15) is 0 Å². The van der Waals surface area contributed by atoms with Gasteiger partial charge in [-0.15, -0.1) is 0 Å². The van der Waals surface area contributed by atoms with Crippen LogP contribution in [0.25, 0.3) is 0 Å². The zero-order valence-corrected chi connectivity index (χ0v) is 27.0. The molecular formula is C36H69NO2. The number of ether oxygens (including phenoxy) is 2. The van der Waals surface area contributed by atoms with Gasteiger partial charge in [-0.25, -0.2) is 0 Å². The highest BCUT2D eigenvalue weighted by Crippen LogP contribution is 2.28. The quantitative estimate of drug-likeness (QED) is 0.0718. The molecule has 0 spiro atoms. The summed E-state index contributed by atoms with van der Waals surface area (Å²) in [6.45, 7) is 7.62. The van der Waals surface area contributed by atoms with Gasteiger partial charge >= 0.3 is 0 Å². The molecule has 0 N–H and O–H groups in total. The lowest BCUT2D eigenvalue weighted by atomic mass is 9.83. The minimum atomic E-state index is 0.0901. The van der Waals surface area contributed by atoms with Crippen molar-refractivity contribution in [3.05, 3.63) is 24.3 Å². The van der Waals surface area contributed by atoms with E-state index >= 15 is 0 Å². The smallest absolute Gasteiger partial charge is 0.157 e. The molecule has 0 saturated carbocycles. The first kappa shape index (κ1) is 36.4. The zero-order chi connectivity index (χ0) is 28.2. The van der Waals surface area contributed by atoms with Crippen LogP contribution in [0.3, 0.4) is 0 Å². The predicted octanol–water partition coefficient (Wildman–Crippen LogP) is 10.9. The third-order valence-electron chi connectivity index (χ3n) is 8.57. The molecule has 0 aromatic heterocycles. The van der Waals surface area contributed by atoms with E-state index < -0.39 is 0 Å². The third kappa shape index (κ3) is 23.7. The topological polar surface area (TPSA) is 21.7 Å². The summed E-state index contributed by atoms with van der Waals surface area (Å²) >= 11 is 0. The van der Waals surface area contributed by atoms with Crippen LogP contribution >= 0.6 is 0 Å². The lowest BCUT2D eigenvalue weighted by Gasteiger charge is -2.26. The molecule has 1 saturated heterocycles. The highest BCUT2D eigenvalue weighted by atomic mass is 16.7. The van der Waals surface area contributed by atoms with Gasteiger partial charge in [0.05, 0.1) is 13.2 Å². The lowest BCUT2D eigenvalue weighted by Crippen LogP contribution is -2.20. The minimum absolute atomic E-state index is 0.0901. The molecule has 0 radical (unpaired) electrons. The molecule has 2 atom stereocenters. The molecule has 1 aliphatic rings. The summed E-state index contributed by atoms with van der Waals surface area (Å²) in [5, 5.41) is 0. The molecule has 0 aliphatic carbocycles. The van der Waals surface area contributed by atoms with Gasteiger partial charge in [0.25, 0.3) is 0 Å². The van der Waals surface area contributed by atoms with Crippen molar-refractivity contribution in [2.24, 2.45) is 11.8 Å². The van der Waals surface area contributed by atoms with Crippen molar-refractivity contribution in [1.82, 2.24) is 4.90 Å². The molecule has 39 heavy (non-hydrogen) atoms. The highest BCUT2D eigenvalue weighted by molar-refractivity contribution is 4.92. The summed E-state index contributed by atoms with van der Waals surface area (Å²) in [6, 6.07) is 0. The average Bonchev–Trinajstić information content (AvgIpc) is 3.45. The average molecular weight is 548 g/mol. The Morgan fingerprint density at radius 1 is 0.641 bits per heavy atom. The molecule has 0 aromatic carbocycles. The van der Waals surface area contributed by atoms with Crippen LogP contribution in [0.1, 0.15) is 155 Å². The summed E-state index contributed by atoms with van der Waals surface area (Å²) < 4.78 is 11.1. The molecule has 2 unspecified atom stereocenters. The van der Waals surface area contributed by atoms with Gasteiger partial charge in [0.15, 0.2) is 6.29 Å². The van der Waals surface area contributed by atoms with Crippen molar-refractivity contribution in [2.45, 2.75) is 161 Å². The van der Waals surface area contributed by atoms with Gasteiger partial charge in [0.1, 0.15) is 0 Å². The second-order valence-corrected chi connectivity index (χ2v) is 12.6. The molecule has 0 bridgehead atoms. The maximum absolute atomic E-state index is 5.55. The van der Waals surface area contributed by atoms with E-state index in [2.05, 4.69) is 57.1 Å². The van der Waals surface area contributed by atoms with E-state index in [1.807, 2.05) is 0 Å². The Balaban J connectivity index is 2.01. The van der Waals surface area contributed by atoms with Crippen LogP contribution in [0.4, 0.5) is 0 Å². The monoisotopic (exact) mass is 548 g/mol. The van der Waals surface area contributed by atoms with Gasteiger partial charge in [-0.1, -0.05) is 128 Å². The molecule has 3 nitrogen and oxygen atoms in total. The Labute approximate surface area is 245 Å². The van der Waals surface area contributed by atoms with E-state index in [9.17, 15) is 0 Å². The Kier molecular flexibility index (Phi) is 25.7. The molecule has 1 aliphatic heterocycles. The van der Waals surface area contributed by atoms with Crippen LogP contribution in [0, 0.1) is 11.8 Å². The summed E-state index contributed by atoms with van der Waals surface area (Å²) in [4.78, 5) is 2.37. The number of rotatable bonds is 28. The fourth-order valence-corrected chi connectivity index (χ4v) is 5.83. The zero-order valence-electron chi connectivity index (χ0n) is 27.0. The first-order valence-electron chi connectivity index (χ1n) is 17.3. The molecule has 1 fully saturated rings.